The van der Waals surface area contributed by atoms with Gasteiger partial charge >= 0.3 is 0 Å². The average molecular weight is 305 g/mol. The first-order valence-electron chi connectivity index (χ1n) is 6.89. The molecule has 0 aliphatic heterocycles. The van der Waals surface area contributed by atoms with Crippen molar-refractivity contribution in [2.24, 2.45) is 0 Å². The van der Waals surface area contributed by atoms with Crippen molar-refractivity contribution in [1.29, 1.82) is 0 Å². The third kappa shape index (κ3) is 4.84. The standard InChI is InChI=1S/C15H19N3O2S/c1-2-16-15-18-10-13(21-15)14(20)17-9-12(19)8-11-6-4-3-5-7-11/h3-7,10,12,19H,2,8-9H2,1H3,(H,16,18)(H,17,20). The number of nitrogens with zero attached hydrogens (tertiary/aromatic N) is 1. The van der Waals surface area contributed by atoms with E-state index in [9.17, 15) is 9.90 Å². The number of aliphatic hydroxyl groups excluding tert-OH is 1. The first kappa shape index (κ1) is 15.5. The molecule has 5 nitrogen and oxygen atoms in total. The van der Waals surface area contributed by atoms with Gasteiger partial charge in [-0.15, -0.1) is 0 Å². The van der Waals surface area contributed by atoms with Crippen LogP contribution in [0, 0.1) is 0 Å². The van der Waals surface area contributed by atoms with Gasteiger partial charge in [-0.2, -0.15) is 0 Å². The van der Waals surface area contributed by atoms with Crippen LogP contribution in [0.3, 0.4) is 0 Å². The Morgan fingerprint density at radius 2 is 2.14 bits per heavy atom. The van der Waals surface area contributed by atoms with Crippen LogP contribution in [0.1, 0.15) is 22.2 Å². The summed E-state index contributed by atoms with van der Waals surface area (Å²) in [6, 6.07) is 9.71. The molecule has 0 aliphatic rings. The number of hydrogen-bond acceptors (Lipinski definition) is 5. The van der Waals surface area contributed by atoms with Crippen molar-refractivity contribution < 1.29 is 9.90 Å². The molecule has 0 fully saturated rings. The lowest BCUT2D eigenvalue weighted by molar-refractivity contribution is 0.0919. The zero-order chi connectivity index (χ0) is 15.1. The first-order chi connectivity index (χ1) is 10.2. The Balaban J connectivity index is 1.80. The number of carbonyl (C=O) groups is 1. The van der Waals surface area contributed by atoms with Gasteiger partial charge in [0.25, 0.3) is 5.91 Å². The summed E-state index contributed by atoms with van der Waals surface area (Å²) >= 11 is 1.31. The molecular formula is C15H19N3O2S. The Morgan fingerprint density at radius 3 is 2.86 bits per heavy atom. The Morgan fingerprint density at radius 1 is 1.38 bits per heavy atom. The van der Waals surface area contributed by atoms with Crippen LogP contribution in [-0.4, -0.2) is 35.2 Å². The Labute approximate surface area is 128 Å². The van der Waals surface area contributed by atoms with E-state index < -0.39 is 6.10 Å². The van der Waals surface area contributed by atoms with Crippen molar-refractivity contribution in [2.45, 2.75) is 19.4 Å². The predicted molar refractivity (Wildman–Crippen MR) is 84.8 cm³/mol. The van der Waals surface area contributed by atoms with Gasteiger partial charge in [0, 0.05) is 19.5 Å². The minimum absolute atomic E-state index is 0.205. The maximum Gasteiger partial charge on any atom is 0.263 e. The maximum atomic E-state index is 11.9. The molecule has 112 valence electrons. The van der Waals surface area contributed by atoms with Crippen molar-refractivity contribution in [1.82, 2.24) is 10.3 Å². The molecule has 1 heterocycles. The minimum atomic E-state index is -0.600. The van der Waals surface area contributed by atoms with E-state index in [-0.39, 0.29) is 12.5 Å². The van der Waals surface area contributed by atoms with Gasteiger partial charge in [0.05, 0.1) is 12.3 Å². The van der Waals surface area contributed by atoms with Crippen molar-refractivity contribution in [3.63, 3.8) is 0 Å². The molecule has 0 aliphatic carbocycles. The van der Waals surface area contributed by atoms with Crippen LogP contribution in [0.15, 0.2) is 36.5 Å². The van der Waals surface area contributed by atoms with Gasteiger partial charge in [0.15, 0.2) is 5.13 Å². The molecule has 1 aromatic heterocycles. The summed E-state index contributed by atoms with van der Waals surface area (Å²) in [5, 5.41) is 16.5. The highest BCUT2D eigenvalue weighted by atomic mass is 32.1. The number of nitrogens with one attached hydrogen (secondary N) is 2. The third-order valence-electron chi connectivity index (χ3n) is 2.87. The Kier molecular flexibility index (Phi) is 5.71. The molecule has 0 bridgehead atoms. The van der Waals surface area contributed by atoms with Crippen LogP contribution in [-0.2, 0) is 6.42 Å². The van der Waals surface area contributed by atoms with E-state index in [1.54, 1.807) is 6.20 Å². The Hall–Kier alpha value is -1.92. The van der Waals surface area contributed by atoms with Crippen molar-refractivity contribution in [3.05, 3.63) is 47.0 Å². The van der Waals surface area contributed by atoms with Crippen molar-refractivity contribution in [3.8, 4) is 0 Å². The molecule has 2 aromatic rings. The summed E-state index contributed by atoms with van der Waals surface area (Å²) in [6.45, 7) is 2.97. The molecule has 2 rings (SSSR count). The van der Waals surface area contributed by atoms with Crippen LogP contribution in [0.5, 0.6) is 0 Å². The second kappa shape index (κ2) is 7.75. The predicted octanol–water partition coefficient (Wildman–Crippen LogP) is 1.91. The lowest BCUT2D eigenvalue weighted by Crippen LogP contribution is -2.32. The van der Waals surface area contributed by atoms with Crippen LogP contribution >= 0.6 is 11.3 Å². The van der Waals surface area contributed by atoms with Crippen LogP contribution in [0.25, 0.3) is 0 Å². The largest absolute Gasteiger partial charge is 0.391 e. The number of benzene rings is 1. The second-order valence-electron chi connectivity index (χ2n) is 4.61. The number of aliphatic hydroxyl groups is 1. The maximum absolute atomic E-state index is 11.9. The Bertz CT molecular complexity index is 571. The SMILES string of the molecule is CCNc1ncc(C(=O)NCC(O)Cc2ccccc2)s1. The summed E-state index contributed by atoms with van der Waals surface area (Å²) in [6.07, 6.45) is 1.46. The van der Waals surface area contributed by atoms with Crippen LogP contribution < -0.4 is 10.6 Å². The van der Waals surface area contributed by atoms with Crippen molar-refractivity contribution in [2.75, 3.05) is 18.4 Å². The van der Waals surface area contributed by atoms with Gasteiger partial charge in [0.1, 0.15) is 4.88 Å². The fourth-order valence-electron chi connectivity index (χ4n) is 1.87. The molecule has 1 aromatic carbocycles. The molecule has 1 atom stereocenters. The molecule has 21 heavy (non-hydrogen) atoms. The highest BCUT2D eigenvalue weighted by molar-refractivity contribution is 7.17. The highest BCUT2D eigenvalue weighted by Gasteiger charge is 2.12. The zero-order valence-corrected chi connectivity index (χ0v) is 12.7. The smallest absolute Gasteiger partial charge is 0.263 e. The van der Waals surface area contributed by atoms with Crippen LogP contribution in [0.2, 0.25) is 0 Å². The zero-order valence-electron chi connectivity index (χ0n) is 11.9. The van der Waals surface area contributed by atoms with E-state index in [2.05, 4.69) is 15.6 Å². The normalized spacial score (nSPS) is 11.9. The van der Waals surface area contributed by atoms with E-state index in [0.29, 0.717) is 11.3 Å². The van der Waals surface area contributed by atoms with E-state index >= 15 is 0 Å². The lowest BCUT2D eigenvalue weighted by atomic mass is 10.1. The molecule has 1 unspecified atom stereocenters. The first-order valence-corrected chi connectivity index (χ1v) is 7.70. The summed E-state index contributed by atoms with van der Waals surface area (Å²) in [4.78, 5) is 16.6. The number of thiazole rings is 1. The number of amides is 1. The van der Waals surface area contributed by atoms with E-state index in [1.807, 2.05) is 37.3 Å². The average Bonchev–Trinajstić information content (AvgIpc) is 2.95. The molecule has 0 saturated heterocycles. The molecule has 0 saturated carbocycles. The van der Waals surface area contributed by atoms with E-state index in [1.165, 1.54) is 11.3 Å². The van der Waals surface area contributed by atoms with Gasteiger partial charge in [0.2, 0.25) is 0 Å². The van der Waals surface area contributed by atoms with Gasteiger partial charge in [-0.05, 0) is 12.5 Å². The number of hydrogen-bond donors (Lipinski definition) is 3. The minimum Gasteiger partial charge on any atom is -0.391 e. The van der Waals surface area contributed by atoms with E-state index in [4.69, 9.17) is 0 Å². The summed E-state index contributed by atoms with van der Waals surface area (Å²) < 4.78 is 0. The molecule has 6 heteroatoms. The number of anilines is 1. The van der Waals surface area contributed by atoms with Crippen molar-refractivity contribution >= 4 is 22.4 Å². The van der Waals surface area contributed by atoms with Gasteiger partial charge in [-0.25, -0.2) is 4.98 Å². The fourth-order valence-corrected chi connectivity index (χ4v) is 2.67. The topological polar surface area (TPSA) is 74.2 Å². The number of rotatable bonds is 7. The quantitative estimate of drug-likeness (QED) is 0.730. The van der Waals surface area contributed by atoms with Gasteiger partial charge < -0.3 is 15.7 Å². The highest BCUT2D eigenvalue weighted by Crippen LogP contribution is 2.17. The number of carbonyl (C=O) groups excluding carboxylic acids is 1. The lowest BCUT2D eigenvalue weighted by Gasteiger charge is -2.11. The summed E-state index contributed by atoms with van der Waals surface area (Å²) in [5.74, 6) is -0.205. The van der Waals surface area contributed by atoms with Gasteiger partial charge in [-0.3, -0.25) is 4.79 Å². The molecule has 0 spiro atoms. The third-order valence-corrected chi connectivity index (χ3v) is 3.82. The summed E-state index contributed by atoms with van der Waals surface area (Å²) in [7, 11) is 0. The molecule has 1 amide bonds. The number of aromatic nitrogens is 1. The second-order valence-corrected chi connectivity index (χ2v) is 5.64. The monoisotopic (exact) mass is 305 g/mol. The fraction of sp³-hybridized carbons (Fsp3) is 0.333. The van der Waals surface area contributed by atoms with Gasteiger partial charge in [-0.1, -0.05) is 41.7 Å². The molecule has 0 radical (unpaired) electrons. The summed E-state index contributed by atoms with van der Waals surface area (Å²) in [5.41, 5.74) is 1.05. The van der Waals surface area contributed by atoms with E-state index in [0.717, 1.165) is 17.2 Å². The molecule has 3 N–H and O–H groups in total. The van der Waals surface area contributed by atoms with Crippen LogP contribution in [0.4, 0.5) is 5.13 Å². The molecular weight excluding hydrogens is 286 g/mol.